The molecule has 0 bridgehead atoms. The van der Waals surface area contributed by atoms with Crippen LogP contribution in [0.3, 0.4) is 0 Å². The summed E-state index contributed by atoms with van der Waals surface area (Å²) in [6.45, 7) is 3.82. The average molecular weight is 294 g/mol. The van der Waals surface area contributed by atoms with E-state index in [4.69, 9.17) is 23.2 Å². The van der Waals surface area contributed by atoms with Crippen LogP contribution in [0.15, 0.2) is 12.1 Å². The third-order valence-electron chi connectivity index (χ3n) is 2.70. The van der Waals surface area contributed by atoms with Gasteiger partial charge in [0, 0.05) is 10.6 Å². The van der Waals surface area contributed by atoms with Crippen LogP contribution in [0.5, 0.6) is 0 Å². The zero-order chi connectivity index (χ0) is 13.9. The van der Waals surface area contributed by atoms with Crippen LogP contribution in [0.25, 0.3) is 0 Å². The molecular formula is C12H14Cl2FNO2. The van der Waals surface area contributed by atoms with Crippen molar-refractivity contribution in [3.05, 3.63) is 33.6 Å². The van der Waals surface area contributed by atoms with Crippen molar-refractivity contribution < 1.29 is 14.3 Å². The van der Waals surface area contributed by atoms with Crippen molar-refractivity contribution >= 4 is 29.2 Å². The lowest BCUT2D eigenvalue weighted by atomic mass is 9.91. The Morgan fingerprint density at radius 1 is 1.44 bits per heavy atom. The zero-order valence-corrected chi connectivity index (χ0v) is 11.6. The Kier molecular flexibility index (Phi) is 4.96. The molecule has 1 rings (SSSR count). The topological polar surface area (TPSA) is 49.3 Å². The standard InChI is InChI=1S/C12H14Cl2FNO2/c1-3-4-16-12(2,11(17)18)7-5-10(15)9(14)6-8(7)13/h5-6,16H,3-4H2,1-2H3,(H,17,18). The molecule has 0 saturated heterocycles. The maximum Gasteiger partial charge on any atom is 0.328 e. The summed E-state index contributed by atoms with van der Waals surface area (Å²) in [4.78, 5) is 11.4. The molecule has 0 spiro atoms. The Morgan fingerprint density at radius 3 is 2.56 bits per heavy atom. The van der Waals surface area contributed by atoms with Crippen LogP contribution in [0.4, 0.5) is 4.39 Å². The average Bonchev–Trinajstić information content (AvgIpc) is 2.30. The molecule has 0 fully saturated rings. The Bertz CT molecular complexity index is 468. The normalized spacial score (nSPS) is 14.3. The summed E-state index contributed by atoms with van der Waals surface area (Å²) in [5, 5.41) is 12.2. The molecule has 0 heterocycles. The molecule has 1 atom stereocenters. The molecule has 18 heavy (non-hydrogen) atoms. The Morgan fingerprint density at radius 2 is 2.06 bits per heavy atom. The summed E-state index contributed by atoms with van der Waals surface area (Å²) in [6.07, 6.45) is 0.747. The highest BCUT2D eigenvalue weighted by Gasteiger charge is 2.37. The van der Waals surface area contributed by atoms with Crippen LogP contribution in [0, 0.1) is 5.82 Å². The molecule has 0 aliphatic heterocycles. The second-order valence-corrected chi connectivity index (χ2v) is 4.92. The number of hydrogen-bond acceptors (Lipinski definition) is 2. The van der Waals surface area contributed by atoms with Gasteiger partial charge in [0.2, 0.25) is 0 Å². The third kappa shape index (κ3) is 2.94. The number of nitrogens with one attached hydrogen (secondary N) is 1. The number of halogens is 3. The number of benzene rings is 1. The van der Waals surface area contributed by atoms with Gasteiger partial charge in [0.05, 0.1) is 5.02 Å². The van der Waals surface area contributed by atoms with Crippen LogP contribution in [0.1, 0.15) is 25.8 Å². The lowest BCUT2D eigenvalue weighted by molar-refractivity contribution is -0.144. The van der Waals surface area contributed by atoms with Crippen LogP contribution in [-0.2, 0) is 10.3 Å². The van der Waals surface area contributed by atoms with Gasteiger partial charge in [-0.25, -0.2) is 9.18 Å². The minimum Gasteiger partial charge on any atom is -0.480 e. The molecule has 6 heteroatoms. The smallest absolute Gasteiger partial charge is 0.328 e. The lowest BCUT2D eigenvalue weighted by Crippen LogP contribution is -2.47. The van der Waals surface area contributed by atoms with E-state index in [0.717, 1.165) is 12.5 Å². The fourth-order valence-corrected chi connectivity index (χ4v) is 2.14. The van der Waals surface area contributed by atoms with Crippen molar-refractivity contribution in [2.75, 3.05) is 6.54 Å². The van der Waals surface area contributed by atoms with Gasteiger partial charge in [0.1, 0.15) is 11.4 Å². The van der Waals surface area contributed by atoms with Crippen LogP contribution in [-0.4, -0.2) is 17.6 Å². The highest BCUT2D eigenvalue weighted by atomic mass is 35.5. The number of carboxylic acids is 1. The van der Waals surface area contributed by atoms with Gasteiger partial charge in [-0.3, -0.25) is 5.32 Å². The van der Waals surface area contributed by atoms with Crippen LogP contribution in [0.2, 0.25) is 10.0 Å². The first-order chi connectivity index (χ1) is 8.32. The highest BCUT2D eigenvalue weighted by Crippen LogP contribution is 2.32. The summed E-state index contributed by atoms with van der Waals surface area (Å²) in [5.74, 6) is -1.82. The number of carbonyl (C=O) groups is 1. The molecule has 0 aliphatic rings. The summed E-state index contributed by atoms with van der Waals surface area (Å²) in [6, 6.07) is 2.27. The molecule has 1 aromatic rings. The maximum atomic E-state index is 13.5. The Hall–Kier alpha value is -0.840. The first kappa shape index (κ1) is 15.2. The van der Waals surface area contributed by atoms with Crippen molar-refractivity contribution in [2.24, 2.45) is 0 Å². The molecule has 0 saturated carbocycles. The van der Waals surface area contributed by atoms with E-state index in [0.29, 0.717) is 6.54 Å². The Labute approximate surface area is 115 Å². The highest BCUT2D eigenvalue weighted by molar-refractivity contribution is 6.35. The van der Waals surface area contributed by atoms with E-state index in [9.17, 15) is 14.3 Å². The summed E-state index contributed by atoms with van der Waals surface area (Å²) in [5.41, 5.74) is -1.29. The van der Waals surface area contributed by atoms with E-state index in [1.165, 1.54) is 13.0 Å². The lowest BCUT2D eigenvalue weighted by Gasteiger charge is -2.28. The first-order valence-corrected chi connectivity index (χ1v) is 6.22. The second-order valence-electron chi connectivity index (χ2n) is 4.10. The molecular weight excluding hydrogens is 280 g/mol. The van der Waals surface area contributed by atoms with E-state index < -0.39 is 17.3 Å². The predicted octanol–water partition coefficient (Wildman–Crippen LogP) is 3.43. The quantitative estimate of drug-likeness (QED) is 0.818. The Balaban J connectivity index is 3.29. The second kappa shape index (κ2) is 5.87. The van der Waals surface area contributed by atoms with E-state index in [1.54, 1.807) is 0 Å². The van der Waals surface area contributed by atoms with Crippen LogP contribution < -0.4 is 5.32 Å². The van der Waals surface area contributed by atoms with E-state index in [-0.39, 0.29) is 15.6 Å². The van der Waals surface area contributed by atoms with E-state index in [2.05, 4.69) is 5.32 Å². The van der Waals surface area contributed by atoms with Gasteiger partial charge in [-0.05, 0) is 32.0 Å². The number of hydrogen-bond donors (Lipinski definition) is 2. The predicted molar refractivity (Wildman–Crippen MR) is 69.7 cm³/mol. The van der Waals surface area contributed by atoms with Crippen molar-refractivity contribution in [3.63, 3.8) is 0 Å². The maximum absolute atomic E-state index is 13.5. The zero-order valence-electron chi connectivity index (χ0n) is 10.1. The monoisotopic (exact) mass is 293 g/mol. The molecule has 0 aliphatic carbocycles. The summed E-state index contributed by atoms with van der Waals surface area (Å²) in [7, 11) is 0. The van der Waals surface area contributed by atoms with Gasteiger partial charge in [-0.2, -0.15) is 0 Å². The van der Waals surface area contributed by atoms with Gasteiger partial charge in [-0.15, -0.1) is 0 Å². The SMILES string of the molecule is CCCNC(C)(C(=O)O)c1cc(F)c(Cl)cc1Cl. The van der Waals surface area contributed by atoms with Gasteiger partial charge < -0.3 is 5.11 Å². The van der Waals surface area contributed by atoms with E-state index >= 15 is 0 Å². The van der Waals surface area contributed by atoms with Crippen molar-refractivity contribution in [3.8, 4) is 0 Å². The van der Waals surface area contributed by atoms with E-state index in [1.807, 2.05) is 6.92 Å². The molecule has 1 aromatic carbocycles. The number of aliphatic carboxylic acids is 1. The molecule has 0 aromatic heterocycles. The summed E-state index contributed by atoms with van der Waals surface area (Å²) >= 11 is 11.5. The number of rotatable bonds is 5. The fourth-order valence-electron chi connectivity index (χ4n) is 1.57. The molecule has 1 unspecified atom stereocenters. The molecule has 100 valence electrons. The molecule has 0 amide bonds. The van der Waals surface area contributed by atoms with Gasteiger partial charge in [0.25, 0.3) is 0 Å². The number of carboxylic acid groups (broad SMARTS) is 1. The molecule has 0 radical (unpaired) electrons. The summed E-state index contributed by atoms with van der Waals surface area (Å²) < 4.78 is 13.5. The molecule has 3 nitrogen and oxygen atoms in total. The molecule has 2 N–H and O–H groups in total. The largest absolute Gasteiger partial charge is 0.480 e. The van der Waals surface area contributed by atoms with Gasteiger partial charge in [-0.1, -0.05) is 30.1 Å². The van der Waals surface area contributed by atoms with Crippen LogP contribution >= 0.6 is 23.2 Å². The fraction of sp³-hybridized carbons (Fsp3) is 0.417. The van der Waals surface area contributed by atoms with Crippen molar-refractivity contribution in [1.82, 2.24) is 5.32 Å². The van der Waals surface area contributed by atoms with Crippen molar-refractivity contribution in [2.45, 2.75) is 25.8 Å². The minimum atomic E-state index is -1.45. The van der Waals surface area contributed by atoms with Gasteiger partial charge in [0.15, 0.2) is 0 Å². The van der Waals surface area contributed by atoms with Crippen molar-refractivity contribution in [1.29, 1.82) is 0 Å². The first-order valence-electron chi connectivity index (χ1n) is 5.46. The third-order valence-corrected chi connectivity index (χ3v) is 3.31. The van der Waals surface area contributed by atoms with Gasteiger partial charge >= 0.3 is 5.97 Å². The minimum absolute atomic E-state index is 0.120.